The van der Waals surface area contributed by atoms with Crippen LogP contribution >= 0.6 is 0 Å². The Balaban J connectivity index is 2.05. The molecule has 26 heavy (non-hydrogen) atoms. The van der Waals surface area contributed by atoms with E-state index in [0.717, 1.165) is 42.6 Å². The lowest BCUT2D eigenvalue weighted by Gasteiger charge is -2.32. The van der Waals surface area contributed by atoms with Crippen molar-refractivity contribution in [2.24, 2.45) is 0 Å². The molecule has 0 unspecified atom stereocenters. The molecule has 1 aromatic rings. The minimum absolute atomic E-state index is 0.279. The summed E-state index contributed by atoms with van der Waals surface area (Å²) in [6.07, 6.45) is 2.29. The van der Waals surface area contributed by atoms with Crippen molar-refractivity contribution in [2.45, 2.75) is 39.7 Å². The van der Waals surface area contributed by atoms with Crippen LogP contribution in [0.25, 0.3) is 0 Å². The van der Waals surface area contributed by atoms with E-state index in [-0.39, 0.29) is 12.0 Å². The normalized spacial score (nSPS) is 20.7. The smallest absolute Gasteiger partial charge is 0.338 e. The van der Waals surface area contributed by atoms with Crippen molar-refractivity contribution in [2.75, 3.05) is 26.2 Å². The molecular formula is C20H27N3O3. The van der Waals surface area contributed by atoms with E-state index in [0.29, 0.717) is 24.4 Å². The second-order valence-corrected chi connectivity index (χ2v) is 6.99. The predicted octanol–water partition coefficient (Wildman–Crippen LogP) is 2.57. The van der Waals surface area contributed by atoms with Crippen molar-refractivity contribution in [3.05, 3.63) is 46.2 Å². The molecule has 0 aliphatic carbocycles. The summed E-state index contributed by atoms with van der Waals surface area (Å²) >= 11 is 0. The average Bonchev–Trinajstić information content (AvgIpc) is 3.09. The van der Waals surface area contributed by atoms with Crippen molar-refractivity contribution < 1.29 is 14.3 Å². The van der Waals surface area contributed by atoms with Crippen molar-refractivity contribution >= 4 is 12.0 Å². The number of hydrogen-bond donors (Lipinski definition) is 2. The highest BCUT2D eigenvalue weighted by Crippen LogP contribution is 2.31. The largest absolute Gasteiger partial charge is 0.463 e. The van der Waals surface area contributed by atoms with Crippen molar-refractivity contribution in [1.29, 1.82) is 0 Å². The van der Waals surface area contributed by atoms with Crippen LogP contribution in [-0.4, -0.2) is 43.1 Å². The lowest BCUT2D eigenvalue weighted by atomic mass is 9.91. The van der Waals surface area contributed by atoms with Gasteiger partial charge in [-0.3, -0.25) is 4.90 Å². The minimum Gasteiger partial charge on any atom is -0.463 e. The van der Waals surface area contributed by atoms with Crippen LogP contribution in [0.3, 0.4) is 0 Å². The van der Waals surface area contributed by atoms with E-state index >= 15 is 0 Å². The number of nitrogens with one attached hydrogen (secondary N) is 2. The SMILES string of the molecule is CCOC(=O)C1=C(CN2CCCC2)NC(=O)N[C@@H]1c1cc(C)ccc1C. The lowest BCUT2D eigenvalue weighted by Crippen LogP contribution is -2.48. The van der Waals surface area contributed by atoms with E-state index in [9.17, 15) is 9.59 Å². The molecule has 1 fully saturated rings. The molecule has 1 aromatic carbocycles. The fourth-order valence-electron chi connectivity index (χ4n) is 3.66. The second kappa shape index (κ2) is 7.91. The maximum atomic E-state index is 12.8. The van der Waals surface area contributed by atoms with Crippen molar-refractivity contribution in [1.82, 2.24) is 15.5 Å². The van der Waals surface area contributed by atoms with Crippen LogP contribution in [0.1, 0.15) is 42.5 Å². The summed E-state index contributed by atoms with van der Waals surface area (Å²) in [5, 5.41) is 5.77. The summed E-state index contributed by atoms with van der Waals surface area (Å²) in [6, 6.07) is 5.29. The summed E-state index contributed by atoms with van der Waals surface area (Å²) in [7, 11) is 0. The standard InChI is InChI=1S/C20H27N3O3/c1-4-26-19(24)17-16(12-23-9-5-6-10-23)21-20(25)22-18(17)15-11-13(2)7-8-14(15)3/h7-8,11,18H,4-6,9-10,12H2,1-3H3,(H2,21,22,25)/t18-/m1/s1. The number of urea groups is 1. The van der Waals surface area contributed by atoms with Gasteiger partial charge in [0.15, 0.2) is 0 Å². The molecule has 6 nitrogen and oxygen atoms in total. The Bertz CT molecular complexity index is 736. The molecule has 0 saturated carbocycles. The van der Waals surface area contributed by atoms with Gasteiger partial charge in [-0.05, 0) is 57.8 Å². The molecule has 0 radical (unpaired) electrons. The van der Waals surface area contributed by atoms with Gasteiger partial charge in [-0.1, -0.05) is 23.8 Å². The molecule has 2 amide bonds. The van der Waals surface area contributed by atoms with Gasteiger partial charge in [-0.25, -0.2) is 9.59 Å². The number of likely N-dealkylation sites (tertiary alicyclic amines) is 1. The van der Waals surface area contributed by atoms with Crippen molar-refractivity contribution in [3.8, 4) is 0 Å². The van der Waals surface area contributed by atoms with Gasteiger partial charge in [0.1, 0.15) is 0 Å². The molecule has 140 valence electrons. The highest BCUT2D eigenvalue weighted by Gasteiger charge is 2.35. The third-order valence-corrected chi connectivity index (χ3v) is 4.98. The highest BCUT2D eigenvalue weighted by atomic mass is 16.5. The third-order valence-electron chi connectivity index (χ3n) is 4.98. The third kappa shape index (κ3) is 3.90. The summed E-state index contributed by atoms with van der Waals surface area (Å²) < 4.78 is 5.33. The van der Waals surface area contributed by atoms with Crippen LogP contribution < -0.4 is 10.6 Å². The number of rotatable bonds is 5. The monoisotopic (exact) mass is 357 g/mol. The highest BCUT2D eigenvalue weighted by molar-refractivity contribution is 5.95. The Morgan fingerprint density at radius 2 is 2.00 bits per heavy atom. The van der Waals surface area contributed by atoms with Crippen LogP contribution in [0.5, 0.6) is 0 Å². The van der Waals surface area contributed by atoms with Gasteiger partial charge in [0.05, 0.1) is 18.2 Å². The van der Waals surface area contributed by atoms with Crippen LogP contribution in [0.4, 0.5) is 4.79 Å². The van der Waals surface area contributed by atoms with Gasteiger partial charge < -0.3 is 15.4 Å². The zero-order valence-corrected chi connectivity index (χ0v) is 15.7. The van der Waals surface area contributed by atoms with E-state index in [1.165, 1.54) is 0 Å². The first-order valence-electron chi connectivity index (χ1n) is 9.26. The van der Waals surface area contributed by atoms with Gasteiger partial charge >= 0.3 is 12.0 Å². The fourth-order valence-corrected chi connectivity index (χ4v) is 3.66. The molecule has 0 bridgehead atoms. The van der Waals surface area contributed by atoms with Gasteiger partial charge in [-0.15, -0.1) is 0 Å². The molecule has 2 aliphatic rings. The lowest BCUT2D eigenvalue weighted by molar-refractivity contribution is -0.139. The number of amides is 2. The molecule has 3 rings (SSSR count). The number of ether oxygens (including phenoxy) is 1. The number of benzene rings is 1. The van der Waals surface area contributed by atoms with Gasteiger partial charge in [-0.2, -0.15) is 0 Å². The van der Waals surface area contributed by atoms with Gasteiger partial charge in [0.2, 0.25) is 0 Å². The topological polar surface area (TPSA) is 70.7 Å². The van der Waals surface area contributed by atoms with E-state index in [1.54, 1.807) is 6.92 Å². The number of carbonyl (C=O) groups is 2. The van der Waals surface area contributed by atoms with E-state index in [4.69, 9.17) is 4.74 Å². The molecule has 1 saturated heterocycles. The Kier molecular flexibility index (Phi) is 5.61. The number of carbonyl (C=O) groups excluding carboxylic acids is 2. The zero-order valence-electron chi connectivity index (χ0n) is 15.7. The average molecular weight is 357 g/mol. The van der Waals surface area contributed by atoms with Gasteiger partial charge in [0.25, 0.3) is 0 Å². The summed E-state index contributed by atoms with van der Waals surface area (Å²) in [6.45, 7) is 8.61. The summed E-state index contributed by atoms with van der Waals surface area (Å²) in [4.78, 5) is 27.4. The first-order chi connectivity index (χ1) is 12.5. The Morgan fingerprint density at radius 3 is 2.69 bits per heavy atom. The van der Waals surface area contributed by atoms with E-state index in [1.807, 2.05) is 32.0 Å². The molecule has 6 heteroatoms. The van der Waals surface area contributed by atoms with Crippen LogP contribution in [-0.2, 0) is 9.53 Å². The van der Waals surface area contributed by atoms with Crippen LogP contribution in [0, 0.1) is 13.8 Å². The number of nitrogens with zero attached hydrogens (tertiary/aromatic N) is 1. The minimum atomic E-state index is -0.500. The van der Waals surface area contributed by atoms with Crippen LogP contribution in [0.15, 0.2) is 29.5 Å². The Hall–Kier alpha value is -2.34. The van der Waals surface area contributed by atoms with Crippen LogP contribution in [0.2, 0.25) is 0 Å². The molecule has 1 atom stereocenters. The number of esters is 1. The predicted molar refractivity (Wildman–Crippen MR) is 99.7 cm³/mol. The quantitative estimate of drug-likeness (QED) is 0.795. The van der Waals surface area contributed by atoms with E-state index in [2.05, 4.69) is 15.5 Å². The molecule has 2 heterocycles. The zero-order chi connectivity index (χ0) is 18.7. The summed E-state index contributed by atoms with van der Waals surface area (Å²) in [5.41, 5.74) is 4.21. The maximum absolute atomic E-state index is 12.8. The fraction of sp³-hybridized carbons (Fsp3) is 0.500. The molecular weight excluding hydrogens is 330 g/mol. The molecule has 2 N–H and O–H groups in total. The van der Waals surface area contributed by atoms with E-state index < -0.39 is 6.04 Å². The Labute approximate surface area is 154 Å². The first kappa shape index (κ1) is 18.5. The first-order valence-corrected chi connectivity index (χ1v) is 9.26. The molecule has 2 aliphatic heterocycles. The summed E-state index contributed by atoms with van der Waals surface area (Å²) in [5.74, 6) is -0.375. The Morgan fingerprint density at radius 1 is 1.27 bits per heavy atom. The molecule has 0 aromatic heterocycles. The number of aryl methyl sites for hydroxylation is 2. The number of hydrogen-bond acceptors (Lipinski definition) is 4. The van der Waals surface area contributed by atoms with Gasteiger partial charge in [0, 0.05) is 12.2 Å². The second-order valence-electron chi connectivity index (χ2n) is 6.99. The van der Waals surface area contributed by atoms with Crippen molar-refractivity contribution in [3.63, 3.8) is 0 Å². The molecule has 0 spiro atoms. The maximum Gasteiger partial charge on any atom is 0.338 e.